The van der Waals surface area contributed by atoms with Gasteiger partial charge in [0.05, 0.1) is 11.6 Å². The summed E-state index contributed by atoms with van der Waals surface area (Å²) in [6.07, 6.45) is 3.44. The normalized spacial score (nSPS) is 15.0. The molecule has 142 valence electrons. The lowest BCUT2D eigenvalue weighted by Crippen LogP contribution is -2.49. The Balaban J connectivity index is 1.51. The first-order chi connectivity index (χ1) is 13.7. The lowest BCUT2D eigenvalue weighted by Gasteiger charge is -2.39. The molecule has 4 nitrogen and oxygen atoms in total. The number of benzene rings is 2. The largest absolute Gasteiger partial charge is 0.336 e. The second-order valence-electron chi connectivity index (χ2n) is 7.30. The second kappa shape index (κ2) is 8.36. The van der Waals surface area contributed by atoms with Crippen LogP contribution in [0.4, 0.5) is 0 Å². The Morgan fingerprint density at radius 3 is 1.96 bits per heavy atom. The molecule has 2 heterocycles. The van der Waals surface area contributed by atoms with Gasteiger partial charge in [-0.15, -0.1) is 0 Å². The number of aryl methyl sites for hydroxylation is 1. The maximum absolute atomic E-state index is 12.8. The van der Waals surface area contributed by atoms with Gasteiger partial charge >= 0.3 is 0 Å². The molecule has 0 aliphatic carbocycles. The van der Waals surface area contributed by atoms with Gasteiger partial charge in [0.1, 0.15) is 0 Å². The number of carbonyl (C=O) groups is 1. The third kappa shape index (κ3) is 3.97. The van der Waals surface area contributed by atoms with E-state index in [0.717, 1.165) is 31.7 Å². The van der Waals surface area contributed by atoms with Gasteiger partial charge in [0, 0.05) is 38.6 Å². The van der Waals surface area contributed by atoms with Crippen LogP contribution in [0.1, 0.15) is 33.1 Å². The van der Waals surface area contributed by atoms with E-state index in [1.165, 1.54) is 11.1 Å². The van der Waals surface area contributed by atoms with Crippen molar-refractivity contribution in [1.82, 2.24) is 14.8 Å². The molecule has 0 N–H and O–H groups in total. The van der Waals surface area contributed by atoms with Crippen LogP contribution < -0.4 is 0 Å². The first-order valence-corrected chi connectivity index (χ1v) is 9.77. The molecule has 0 unspecified atom stereocenters. The van der Waals surface area contributed by atoms with Gasteiger partial charge in [-0.1, -0.05) is 60.7 Å². The Bertz CT molecular complexity index is 879. The van der Waals surface area contributed by atoms with Crippen molar-refractivity contribution in [2.45, 2.75) is 13.0 Å². The molecular formula is C24H25N3O. The first kappa shape index (κ1) is 18.4. The molecule has 3 aromatic rings. The monoisotopic (exact) mass is 371 g/mol. The number of amides is 1. The number of rotatable bonds is 4. The van der Waals surface area contributed by atoms with E-state index < -0.39 is 0 Å². The Morgan fingerprint density at radius 1 is 0.857 bits per heavy atom. The molecule has 0 spiro atoms. The average molecular weight is 371 g/mol. The van der Waals surface area contributed by atoms with Gasteiger partial charge in [0.2, 0.25) is 0 Å². The molecule has 0 saturated carbocycles. The van der Waals surface area contributed by atoms with Crippen LogP contribution >= 0.6 is 0 Å². The number of piperazine rings is 1. The fourth-order valence-corrected chi connectivity index (χ4v) is 3.92. The molecule has 28 heavy (non-hydrogen) atoms. The SMILES string of the molecule is Cc1cncc(C(=O)N2CCN(C(c3ccccc3)c3ccccc3)CC2)c1. The summed E-state index contributed by atoms with van der Waals surface area (Å²) in [6, 6.07) is 23.4. The predicted octanol–water partition coefficient (Wildman–Crippen LogP) is 3.94. The molecule has 1 aliphatic heterocycles. The quantitative estimate of drug-likeness (QED) is 0.697. The number of hydrogen-bond donors (Lipinski definition) is 0. The van der Waals surface area contributed by atoms with Gasteiger partial charge in [-0.25, -0.2) is 0 Å². The van der Waals surface area contributed by atoms with Crippen molar-refractivity contribution >= 4 is 5.91 Å². The minimum Gasteiger partial charge on any atom is -0.336 e. The highest BCUT2D eigenvalue weighted by Crippen LogP contribution is 2.29. The Kier molecular flexibility index (Phi) is 5.49. The number of nitrogens with zero attached hydrogens (tertiary/aromatic N) is 3. The van der Waals surface area contributed by atoms with Gasteiger partial charge in [-0.05, 0) is 29.7 Å². The van der Waals surface area contributed by atoms with Gasteiger partial charge in [-0.2, -0.15) is 0 Å². The summed E-state index contributed by atoms with van der Waals surface area (Å²) in [5.74, 6) is 0.0758. The van der Waals surface area contributed by atoms with E-state index in [4.69, 9.17) is 0 Å². The van der Waals surface area contributed by atoms with Crippen molar-refractivity contribution in [3.8, 4) is 0 Å². The zero-order valence-electron chi connectivity index (χ0n) is 16.2. The number of hydrogen-bond acceptors (Lipinski definition) is 3. The van der Waals surface area contributed by atoms with Gasteiger partial charge in [0.25, 0.3) is 5.91 Å². The maximum Gasteiger partial charge on any atom is 0.255 e. The standard InChI is InChI=1S/C24H25N3O/c1-19-16-22(18-25-17-19)24(28)27-14-12-26(13-15-27)23(20-8-4-2-5-9-20)21-10-6-3-7-11-21/h2-11,16-18,23H,12-15H2,1H3. The van der Waals surface area contributed by atoms with E-state index in [1.807, 2.05) is 17.9 Å². The molecule has 2 aromatic carbocycles. The van der Waals surface area contributed by atoms with Crippen LogP contribution in [0.5, 0.6) is 0 Å². The fraction of sp³-hybridized carbons (Fsp3) is 0.250. The van der Waals surface area contributed by atoms with Crippen molar-refractivity contribution < 1.29 is 4.79 Å². The lowest BCUT2D eigenvalue weighted by molar-refractivity contribution is 0.0597. The van der Waals surface area contributed by atoms with Crippen molar-refractivity contribution in [2.75, 3.05) is 26.2 Å². The summed E-state index contributed by atoms with van der Waals surface area (Å²) in [6.45, 7) is 5.11. The van der Waals surface area contributed by atoms with Crippen LogP contribution in [0.2, 0.25) is 0 Å². The van der Waals surface area contributed by atoms with Crippen molar-refractivity contribution in [1.29, 1.82) is 0 Å². The van der Waals surface area contributed by atoms with Crippen molar-refractivity contribution in [3.05, 3.63) is 101 Å². The van der Waals surface area contributed by atoms with Crippen LogP contribution in [0.15, 0.2) is 79.1 Å². The van der Waals surface area contributed by atoms with Gasteiger partial charge in [0.15, 0.2) is 0 Å². The number of carbonyl (C=O) groups excluding carboxylic acids is 1. The third-order valence-corrected chi connectivity index (χ3v) is 5.32. The number of pyridine rings is 1. The smallest absolute Gasteiger partial charge is 0.255 e. The molecule has 1 fully saturated rings. The zero-order valence-corrected chi connectivity index (χ0v) is 16.2. The topological polar surface area (TPSA) is 36.4 Å². The molecule has 4 heteroatoms. The highest BCUT2D eigenvalue weighted by molar-refractivity contribution is 5.94. The maximum atomic E-state index is 12.8. The van der Waals surface area contributed by atoms with Crippen LogP contribution in [-0.2, 0) is 0 Å². The molecule has 0 atom stereocenters. The minimum absolute atomic E-state index is 0.0758. The summed E-state index contributed by atoms with van der Waals surface area (Å²) in [7, 11) is 0. The molecule has 4 rings (SSSR count). The summed E-state index contributed by atoms with van der Waals surface area (Å²) < 4.78 is 0. The molecule has 1 saturated heterocycles. The van der Waals surface area contributed by atoms with Gasteiger partial charge < -0.3 is 4.90 Å². The molecular weight excluding hydrogens is 346 g/mol. The Morgan fingerprint density at radius 2 is 1.43 bits per heavy atom. The summed E-state index contributed by atoms with van der Waals surface area (Å²) in [5, 5.41) is 0. The molecule has 1 amide bonds. The summed E-state index contributed by atoms with van der Waals surface area (Å²) in [4.78, 5) is 21.4. The van der Waals surface area contributed by atoms with E-state index in [0.29, 0.717) is 5.56 Å². The van der Waals surface area contributed by atoms with E-state index in [-0.39, 0.29) is 11.9 Å². The molecule has 1 aliphatic rings. The van der Waals surface area contributed by atoms with Gasteiger partial charge in [-0.3, -0.25) is 14.7 Å². The van der Waals surface area contributed by atoms with E-state index >= 15 is 0 Å². The molecule has 0 radical (unpaired) electrons. The van der Waals surface area contributed by atoms with E-state index in [9.17, 15) is 4.79 Å². The molecule has 0 bridgehead atoms. The van der Waals surface area contributed by atoms with Crippen molar-refractivity contribution in [3.63, 3.8) is 0 Å². The second-order valence-corrected chi connectivity index (χ2v) is 7.30. The zero-order chi connectivity index (χ0) is 19.3. The Labute approximate surface area is 166 Å². The molecule has 1 aromatic heterocycles. The fourth-order valence-electron chi connectivity index (χ4n) is 3.92. The van der Waals surface area contributed by atoms with Crippen LogP contribution in [0.3, 0.4) is 0 Å². The van der Waals surface area contributed by atoms with Crippen LogP contribution in [-0.4, -0.2) is 46.9 Å². The van der Waals surface area contributed by atoms with Crippen LogP contribution in [0.25, 0.3) is 0 Å². The van der Waals surface area contributed by atoms with Crippen molar-refractivity contribution in [2.24, 2.45) is 0 Å². The van der Waals surface area contributed by atoms with Crippen LogP contribution in [0, 0.1) is 6.92 Å². The first-order valence-electron chi connectivity index (χ1n) is 9.77. The minimum atomic E-state index is 0.0758. The highest BCUT2D eigenvalue weighted by Gasteiger charge is 2.28. The average Bonchev–Trinajstić information content (AvgIpc) is 2.75. The van der Waals surface area contributed by atoms with E-state index in [1.54, 1.807) is 12.4 Å². The summed E-state index contributed by atoms with van der Waals surface area (Å²) >= 11 is 0. The van der Waals surface area contributed by atoms with E-state index in [2.05, 4.69) is 70.5 Å². The predicted molar refractivity (Wildman–Crippen MR) is 111 cm³/mol. The highest BCUT2D eigenvalue weighted by atomic mass is 16.2. The third-order valence-electron chi connectivity index (χ3n) is 5.32. The number of aromatic nitrogens is 1. The Hall–Kier alpha value is -2.98. The summed E-state index contributed by atoms with van der Waals surface area (Å²) in [5.41, 5.74) is 4.27. The lowest BCUT2D eigenvalue weighted by atomic mass is 9.96.